The lowest BCUT2D eigenvalue weighted by molar-refractivity contribution is 0.584. The Hall–Kier alpha value is -2.24. The van der Waals surface area contributed by atoms with Crippen LogP contribution in [0.2, 0.25) is 0 Å². The van der Waals surface area contributed by atoms with Crippen molar-refractivity contribution < 1.29 is 8.78 Å². The summed E-state index contributed by atoms with van der Waals surface area (Å²) in [7, 11) is 0. The van der Waals surface area contributed by atoms with Crippen molar-refractivity contribution in [1.29, 1.82) is 0 Å². The van der Waals surface area contributed by atoms with E-state index in [-0.39, 0.29) is 23.0 Å². The fraction of sp³-hybridized carbons (Fsp3) is 0. The number of benzene rings is 1. The second kappa shape index (κ2) is 3.73. The molecule has 0 fully saturated rings. The van der Waals surface area contributed by atoms with Gasteiger partial charge in [-0.1, -0.05) is 0 Å². The topological polar surface area (TPSA) is 77.8 Å². The van der Waals surface area contributed by atoms with Crippen molar-refractivity contribution in [3.8, 4) is 11.3 Å². The van der Waals surface area contributed by atoms with Crippen LogP contribution in [0.5, 0.6) is 0 Å². The first kappa shape index (κ1) is 10.3. The molecular weight excluding hydrogens is 214 g/mol. The van der Waals surface area contributed by atoms with Gasteiger partial charge in [0, 0.05) is 17.7 Å². The van der Waals surface area contributed by atoms with Gasteiger partial charge in [-0.05, 0) is 12.1 Å². The molecular formula is C10H8F2N4. The number of anilines is 2. The minimum Gasteiger partial charge on any atom is -0.384 e. The Kier molecular flexibility index (Phi) is 2.40. The Morgan fingerprint density at radius 2 is 1.50 bits per heavy atom. The maximum atomic E-state index is 13.0. The smallest absolute Gasteiger partial charge is 0.222 e. The Bertz CT molecular complexity index is 452. The molecule has 0 spiro atoms. The molecule has 0 saturated heterocycles. The first-order valence-electron chi connectivity index (χ1n) is 4.41. The third-order valence-corrected chi connectivity index (χ3v) is 1.92. The second-order valence-corrected chi connectivity index (χ2v) is 3.19. The molecule has 0 bridgehead atoms. The third kappa shape index (κ3) is 2.05. The Balaban J connectivity index is 2.57. The number of hydrogen-bond acceptors (Lipinski definition) is 4. The van der Waals surface area contributed by atoms with Crippen LogP contribution in [0.1, 0.15) is 0 Å². The number of hydrogen-bond donors (Lipinski definition) is 2. The van der Waals surface area contributed by atoms with Crippen molar-refractivity contribution in [3.63, 3.8) is 0 Å². The van der Waals surface area contributed by atoms with Crippen LogP contribution in [0.25, 0.3) is 11.3 Å². The highest BCUT2D eigenvalue weighted by Crippen LogP contribution is 2.21. The first-order valence-corrected chi connectivity index (χ1v) is 4.41. The van der Waals surface area contributed by atoms with E-state index in [1.807, 2.05) is 0 Å². The van der Waals surface area contributed by atoms with Crippen LogP contribution < -0.4 is 11.5 Å². The molecule has 0 radical (unpaired) electrons. The third-order valence-electron chi connectivity index (χ3n) is 1.92. The van der Waals surface area contributed by atoms with Gasteiger partial charge in [0.05, 0.1) is 5.69 Å². The van der Waals surface area contributed by atoms with Crippen LogP contribution in [0.15, 0.2) is 24.3 Å². The monoisotopic (exact) mass is 222 g/mol. The molecule has 6 heteroatoms. The zero-order valence-corrected chi connectivity index (χ0v) is 8.11. The van der Waals surface area contributed by atoms with E-state index in [1.54, 1.807) is 0 Å². The van der Waals surface area contributed by atoms with Crippen LogP contribution in [-0.2, 0) is 0 Å². The summed E-state index contributed by atoms with van der Waals surface area (Å²) in [5.41, 5.74) is 11.4. The molecule has 0 aliphatic rings. The van der Waals surface area contributed by atoms with Gasteiger partial charge in [-0.25, -0.2) is 13.8 Å². The Labute approximate surface area is 89.9 Å². The average molecular weight is 222 g/mol. The predicted molar refractivity (Wildman–Crippen MR) is 56.2 cm³/mol. The molecule has 82 valence electrons. The van der Waals surface area contributed by atoms with Crippen molar-refractivity contribution in [1.82, 2.24) is 9.97 Å². The van der Waals surface area contributed by atoms with Crippen LogP contribution in [-0.4, -0.2) is 9.97 Å². The molecule has 1 aromatic heterocycles. The van der Waals surface area contributed by atoms with Crippen molar-refractivity contribution in [2.24, 2.45) is 0 Å². The summed E-state index contributed by atoms with van der Waals surface area (Å²) in [6.07, 6.45) is 0. The van der Waals surface area contributed by atoms with E-state index in [4.69, 9.17) is 11.5 Å². The minimum atomic E-state index is -0.689. The molecule has 16 heavy (non-hydrogen) atoms. The minimum absolute atomic E-state index is 0.0420. The lowest BCUT2D eigenvalue weighted by Gasteiger charge is -2.03. The average Bonchev–Trinajstić information content (AvgIpc) is 2.14. The summed E-state index contributed by atoms with van der Waals surface area (Å²) in [5.74, 6) is -1.27. The highest BCUT2D eigenvalue weighted by Gasteiger charge is 2.06. The number of nitrogens with zero attached hydrogens (tertiary/aromatic N) is 2. The standard InChI is InChI=1S/C10H8F2N4/c11-6-1-5(2-7(12)3-6)8-4-9(13)16-10(14)15-8/h1-4H,(H4,13,14,15,16). The maximum Gasteiger partial charge on any atom is 0.222 e. The van der Waals surface area contributed by atoms with E-state index >= 15 is 0 Å². The van der Waals surface area contributed by atoms with Gasteiger partial charge < -0.3 is 11.5 Å². The number of nitrogens with two attached hydrogens (primary N) is 2. The molecule has 2 aromatic rings. The van der Waals surface area contributed by atoms with Crippen molar-refractivity contribution >= 4 is 11.8 Å². The van der Waals surface area contributed by atoms with Crippen molar-refractivity contribution in [2.75, 3.05) is 11.5 Å². The fourth-order valence-corrected chi connectivity index (χ4v) is 1.33. The summed E-state index contributed by atoms with van der Waals surface area (Å²) in [5, 5.41) is 0. The fourth-order valence-electron chi connectivity index (χ4n) is 1.33. The zero-order valence-electron chi connectivity index (χ0n) is 8.11. The largest absolute Gasteiger partial charge is 0.384 e. The number of halogens is 2. The first-order chi connectivity index (χ1) is 7.54. The molecule has 0 amide bonds. The molecule has 4 nitrogen and oxygen atoms in total. The van der Waals surface area contributed by atoms with Gasteiger partial charge >= 0.3 is 0 Å². The molecule has 0 unspecified atom stereocenters. The van der Waals surface area contributed by atoms with Gasteiger partial charge in [-0.15, -0.1) is 0 Å². The summed E-state index contributed by atoms with van der Waals surface area (Å²) in [6, 6.07) is 4.45. The second-order valence-electron chi connectivity index (χ2n) is 3.19. The summed E-state index contributed by atoms with van der Waals surface area (Å²) < 4.78 is 25.9. The van der Waals surface area contributed by atoms with Gasteiger partial charge in [0.25, 0.3) is 0 Å². The molecule has 0 aliphatic heterocycles. The number of aromatic nitrogens is 2. The molecule has 0 atom stereocenters. The van der Waals surface area contributed by atoms with E-state index < -0.39 is 11.6 Å². The highest BCUT2D eigenvalue weighted by atomic mass is 19.1. The van der Waals surface area contributed by atoms with Gasteiger partial charge in [-0.3, -0.25) is 0 Å². The SMILES string of the molecule is Nc1cc(-c2cc(F)cc(F)c2)nc(N)n1. The maximum absolute atomic E-state index is 13.0. The van der Waals surface area contributed by atoms with E-state index in [1.165, 1.54) is 6.07 Å². The molecule has 4 N–H and O–H groups in total. The van der Waals surface area contributed by atoms with Gasteiger partial charge in [0.2, 0.25) is 5.95 Å². The molecule has 0 saturated carbocycles. The van der Waals surface area contributed by atoms with Crippen molar-refractivity contribution in [2.45, 2.75) is 0 Å². The summed E-state index contributed by atoms with van der Waals surface area (Å²) in [4.78, 5) is 7.50. The van der Waals surface area contributed by atoms with Gasteiger partial charge in [0.1, 0.15) is 17.5 Å². The predicted octanol–water partition coefficient (Wildman–Crippen LogP) is 1.59. The molecule has 2 rings (SSSR count). The molecule has 1 heterocycles. The quantitative estimate of drug-likeness (QED) is 0.767. The molecule has 1 aromatic carbocycles. The van der Waals surface area contributed by atoms with Gasteiger partial charge in [0.15, 0.2) is 0 Å². The van der Waals surface area contributed by atoms with E-state index in [2.05, 4.69) is 9.97 Å². The van der Waals surface area contributed by atoms with E-state index in [9.17, 15) is 8.78 Å². The van der Waals surface area contributed by atoms with E-state index in [0.29, 0.717) is 0 Å². The van der Waals surface area contributed by atoms with Gasteiger partial charge in [-0.2, -0.15) is 4.98 Å². The van der Waals surface area contributed by atoms with E-state index in [0.717, 1.165) is 18.2 Å². The van der Waals surface area contributed by atoms with Crippen LogP contribution >= 0.6 is 0 Å². The Morgan fingerprint density at radius 3 is 2.06 bits per heavy atom. The number of nitrogen functional groups attached to an aromatic ring is 2. The van der Waals surface area contributed by atoms with Crippen LogP contribution in [0.3, 0.4) is 0 Å². The van der Waals surface area contributed by atoms with Crippen molar-refractivity contribution in [3.05, 3.63) is 35.9 Å². The molecule has 0 aliphatic carbocycles. The summed E-state index contributed by atoms with van der Waals surface area (Å²) >= 11 is 0. The summed E-state index contributed by atoms with van der Waals surface area (Å²) in [6.45, 7) is 0. The van der Waals surface area contributed by atoms with Crippen LogP contribution in [0, 0.1) is 11.6 Å². The normalized spacial score (nSPS) is 10.4. The highest BCUT2D eigenvalue weighted by molar-refractivity contribution is 5.63. The van der Waals surface area contributed by atoms with Crippen LogP contribution in [0.4, 0.5) is 20.5 Å². The Morgan fingerprint density at radius 1 is 0.875 bits per heavy atom. The zero-order chi connectivity index (χ0) is 11.7. The lowest BCUT2D eigenvalue weighted by atomic mass is 10.1. The number of rotatable bonds is 1. The lowest BCUT2D eigenvalue weighted by Crippen LogP contribution is -2.00.